The molecule has 0 aromatic heterocycles. The molecule has 3 aliphatic heterocycles. The van der Waals surface area contributed by atoms with E-state index in [0.29, 0.717) is 0 Å². The Labute approximate surface area is 366 Å². The molecule has 3 fully saturated rings. The maximum Gasteiger partial charge on any atom is 0.303 e. The van der Waals surface area contributed by atoms with Crippen LogP contribution in [-0.2, 0) is 105 Å². The summed E-state index contributed by atoms with van der Waals surface area (Å²) >= 11 is 0. The van der Waals surface area contributed by atoms with E-state index in [1.807, 2.05) is 0 Å². The van der Waals surface area contributed by atoms with Crippen molar-refractivity contribution < 1.29 is 110 Å². The predicted molar refractivity (Wildman–Crippen MR) is 203 cm³/mol. The first-order chi connectivity index (χ1) is 29.9. The Bertz CT molecular complexity index is 1740. The highest BCUT2D eigenvalue weighted by Gasteiger charge is 2.58. The van der Waals surface area contributed by atoms with Crippen LogP contribution in [0.3, 0.4) is 0 Å². The van der Waals surface area contributed by atoms with Gasteiger partial charge in [0.2, 0.25) is 17.7 Å². The molecule has 3 rings (SSSR count). The zero-order valence-electron chi connectivity index (χ0n) is 36.7. The second-order valence-corrected chi connectivity index (χ2v) is 14.7. The van der Waals surface area contributed by atoms with Crippen molar-refractivity contribution in [2.75, 3.05) is 19.8 Å². The third kappa shape index (κ3) is 15.6. The average molecular weight is 922 g/mol. The monoisotopic (exact) mass is 921 g/mol. The average Bonchev–Trinajstić information content (AvgIpc) is 3.15. The molecule has 15 unspecified atom stereocenters. The first kappa shape index (κ1) is 52.8. The first-order valence-electron chi connectivity index (χ1n) is 19.7. The van der Waals surface area contributed by atoms with Gasteiger partial charge in [-0.25, -0.2) is 0 Å². The van der Waals surface area contributed by atoms with Gasteiger partial charge in [0.25, 0.3) is 0 Å². The normalized spacial score (nSPS) is 32.3. The van der Waals surface area contributed by atoms with Gasteiger partial charge in [0.1, 0.15) is 68.5 Å². The number of carbonyl (C=O) groups is 10. The number of aliphatic hydroxyl groups excluding tert-OH is 1. The van der Waals surface area contributed by atoms with E-state index < -0.39 is 171 Å². The lowest BCUT2D eigenvalue weighted by atomic mass is 9.93. The second kappa shape index (κ2) is 23.9. The Morgan fingerprint density at radius 2 is 0.672 bits per heavy atom. The van der Waals surface area contributed by atoms with E-state index in [1.165, 1.54) is 0 Å². The summed E-state index contributed by atoms with van der Waals surface area (Å²) in [5, 5.41) is 18.4. The molecule has 3 saturated heterocycles. The summed E-state index contributed by atoms with van der Waals surface area (Å²) in [7, 11) is 0. The maximum atomic E-state index is 12.9. The van der Waals surface area contributed by atoms with E-state index >= 15 is 0 Å². The van der Waals surface area contributed by atoms with Crippen molar-refractivity contribution in [2.45, 2.75) is 161 Å². The summed E-state index contributed by atoms with van der Waals surface area (Å²) in [6.07, 6.45) is -20.2. The number of nitrogens with one attached hydrogen (secondary N) is 3. The lowest BCUT2D eigenvalue weighted by Crippen LogP contribution is -2.72. The van der Waals surface area contributed by atoms with Gasteiger partial charge in [-0.1, -0.05) is 0 Å². The number of esters is 7. The summed E-state index contributed by atoms with van der Waals surface area (Å²) in [5.74, 6) is -8.48. The standard InChI is InChI=1S/C38H55N3O23/c1-14(42)39-27-33(57-21(8)49)31(24(60-36(27)52)11-53-17(4)45)63-38-29(41-16(3)44)35(59-23(10)51)32(26(62-38)13-55-19(6)47)64-37-28(40-15(2)43)34(58-22(9)50)30(56-20(7)48)25(61-37)12-54-18(5)46/h24-38,52H,11-13H2,1-10H3,(H,39,42)(H,40,43)(H,41,44). The maximum absolute atomic E-state index is 12.9. The molecule has 26 nitrogen and oxygen atoms in total. The van der Waals surface area contributed by atoms with E-state index in [2.05, 4.69) is 16.0 Å². The van der Waals surface area contributed by atoms with Crippen molar-refractivity contribution in [2.24, 2.45) is 0 Å². The minimum Gasteiger partial charge on any atom is -0.463 e. The third-order valence-corrected chi connectivity index (χ3v) is 9.21. The lowest BCUT2D eigenvalue weighted by Gasteiger charge is -2.51. The molecule has 3 heterocycles. The molecule has 0 bridgehead atoms. The van der Waals surface area contributed by atoms with Gasteiger partial charge >= 0.3 is 41.8 Å². The molecule has 0 saturated carbocycles. The Hall–Kier alpha value is -5.54. The molecule has 0 spiro atoms. The fourth-order valence-electron chi connectivity index (χ4n) is 7.09. The number of amides is 3. The molecule has 4 N–H and O–H groups in total. The number of aliphatic hydroxyl groups is 1. The smallest absolute Gasteiger partial charge is 0.303 e. The fourth-order valence-corrected chi connectivity index (χ4v) is 7.09. The lowest BCUT2D eigenvalue weighted by molar-refractivity contribution is -0.352. The van der Waals surface area contributed by atoms with Crippen molar-refractivity contribution in [3.8, 4) is 0 Å². The van der Waals surface area contributed by atoms with Crippen molar-refractivity contribution in [3.63, 3.8) is 0 Å². The van der Waals surface area contributed by atoms with Crippen molar-refractivity contribution in [1.29, 1.82) is 0 Å². The molecule has 0 aromatic rings. The van der Waals surface area contributed by atoms with Crippen LogP contribution in [0.15, 0.2) is 0 Å². The highest BCUT2D eigenvalue weighted by atomic mass is 16.8. The van der Waals surface area contributed by atoms with Crippen LogP contribution in [0, 0.1) is 0 Å². The Morgan fingerprint density at radius 3 is 1.00 bits per heavy atom. The molecular weight excluding hydrogens is 866 g/mol. The minimum atomic E-state index is -1.89. The molecule has 3 aliphatic rings. The topological polar surface area (TPSA) is 338 Å². The predicted octanol–water partition coefficient (Wildman–Crippen LogP) is -3.15. The number of ether oxygens (including phenoxy) is 12. The van der Waals surface area contributed by atoms with Crippen LogP contribution in [0.25, 0.3) is 0 Å². The van der Waals surface area contributed by atoms with Gasteiger partial charge in [0.05, 0.1) is 0 Å². The van der Waals surface area contributed by atoms with Crippen LogP contribution >= 0.6 is 0 Å². The second-order valence-electron chi connectivity index (χ2n) is 14.7. The van der Waals surface area contributed by atoms with Gasteiger partial charge in [-0.3, -0.25) is 47.9 Å². The molecule has 15 atom stereocenters. The number of carbonyl (C=O) groups excluding carboxylic acids is 10. The zero-order valence-corrected chi connectivity index (χ0v) is 36.7. The molecule has 26 heteroatoms. The third-order valence-electron chi connectivity index (χ3n) is 9.21. The van der Waals surface area contributed by atoms with E-state index in [1.54, 1.807) is 0 Å². The van der Waals surface area contributed by atoms with E-state index in [0.717, 1.165) is 69.2 Å². The van der Waals surface area contributed by atoms with Gasteiger partial charge in [-0.2, -0.15) is 0 Å². The highest BCUT2D eigenvalue weighted by molar-refractivity contribution is 5.75. The number of rotatable bonds is 17. The Kier molecular flexibility index (Phi) is 19.8. The first-order valence-corrected chi connectivity index (χ1v) is 19.7. The van der Waals surface area contributed by atoms with Crippen molar-refractivity contribution in [1.82, 2.24) is 16.0 Å². The van der Waals surface area contributed by atoms with Crippen LogP contribution in [0.5, 0.6) is 0 Å². The Balaban J connectivity index is 2.28. The molecule has 0 aromatic carbocycles. The van der Waals surface area contributed by atoms with Crippen LogP contribution in [0.1, 0.15) is 69.2 Å². The van der Waals surface area contributed by atoms with Gasteiger partial charge in [-0.05, 0) is 0 Å². The molecular formula is C38H55N3O23. The van der Waals surface area contributed by atoms with Gasteiger partial charge in [0.15, 0.2) is 43.3 Å². The van der Waals surface area contributed by atoms with Gasteiger partial charge in [-0.15, -0.1) is 0 Å². The van der Waals surface area contributed by atoms with Crippen LogP contribution in [0.2, 0.25) is 0 Å². The van der Waals surface area contributed by atoms with Crippen LogP contribution in [0.4, 0.5) is 0 Å². The van der Waals surface area contributed by atoms with Gasteiger partial charge < -0.3 is 77.9 Å². The molecule has 0 radical (unpaired) electrons. The SMILES string of the molecule is CC(=O)NC1C(O)OC(COC(C)=O)C(OC2OC(COC(C)=O)C(OC3OC(COC(C)=O)C(OC(C)=O)C(OC(C)=O)C3NC(C)=O)C(OC(C)=O)C2NC(C)=O)C1OC(C)=O. The highest BCUT2D eigenvalue weighted by Crippen LogP contribution is 2.36. The molecule has 64 heavy (non-hydrogen) atoms. The summed E-state index contributed by atoms with van der Waals surface area (Å²) in [4.78, 5) is 124. The molecule has 3 amide bonds. The fraction of sp³-hybridized carbons (Fsp3) is 0.737. The number of hydrogen-bond acceptors (Lipinski definition) is 23. The summed E-state index contributed by atoms with van der Waals surface area (Å²) in [6.45, 7) is 8.44. The van der Waals surface area contributed by atoms with Crippen molar-refractivity contribution in [3.05, 3.63) is 0 Å². The molecule has 360 valence electrons. The number of hydrogen-bond donors (Lipinski definition) is 4. The van der Waals surface area contributed by atoms with E-state index in [9.17, 15) is 53.1 Å². The van der Waals surface area contributed by atoms with Crippen LogP contribution < -0.4 is 16.0 Å². The largest absolute Gasteiger partial charge is 0.463 e. The zero-order chi connectivity index (χ0) is 48.2. The van der Waals surface area contributed by atoms with Crippen LogP contribution in [-0.4, -0.2) is 176 Å². The Morgan fingerprint density at radius 1 is 0.391 bits per heavy atom. The van der Waals surface area contributed by atoms with Gasteiger partial charge in [0, 0.05) is 69.2 Å². The summed E-state index contributed by atoms with van der Waals surface area (Å²) < 4.78 is 68.9. The minimum absolute atomic E-state index is 0.636. The van der Waals surface area contributed by atoms with E-state index in [4.69, 9.17) is 56.8 Å². The summed E-state index contributed by atoms with van der Waals surface area (Å²) in [6, 6.07) is -4.78. The van der Waals surface area contributed by atoms with E-state index in [-0.39, 0.29) is 0 Å². The van der Waals surface area contributed by atoms with Crippen molar-refractivity contribution >= 4 is 59.5 Å². The summed E-state index contributed by atoms with van der Waals surface area (Å²) in [5.41, 5.74) is 0. The molecule has 0 aliphatic carbocycles. The quantitative estimate of drug-likeness (QED) is 0.0827.